The molecule has 0 unspecified atom stereocenters. The lowest BCUT2D eigenvalue weighted by atomic mass is 9.90. The molecule has 0 bridgehead atoms. The fourth-order valence-electron chi connectivity index (χ4n) is 2.54. The number of alkyl halides is 3. The second-order valence-corrected chi connectivity index (χ2v) is 6.06. The molecule has 1 saturated heterocycles. The predicted molar refractivity (Wildman–Crippen MR) is 84.3 cm³/mol. The van der Waals surface area contributed by atoms with Crippen molar-refractivity contribution in [1.82, 2.24) is 5.32 Å². The van der Waals surface area contributed by atoms with Crippen LogP contribution in [0.5, 0.6) is 11.5 Å². The van der Waals surface area contributed by atoms with Crippen LogP contribution in [0.15, 0.2) is 42.5 Å². The summed E-state index contributed by atoms with van der Waals surface area (Å²) < 4.78 is 60.6. The van der Waals surface area contributed by atoms with Gasteiger partial charge in [0.25, 0.3) is 0 Å². The van der Waals surface area contributed by atoms with Gasteiger partial charge in [-0.2, -0.15) is 0 Å². The number of hydrogen-bond donors (Lipinski definition) is 1. The van der Waals surface area contributed by atoms with Gasteiger partial charge in [0.1, 0.15) is 23.4 Å². The van der Waals surface area contributed by atoms with Crippen molar-refractivity contribution in [2.45, 2.75) is 12.5 Å². The highest BCUT2D eigenvalue weighted by molar-refractivity contribution is 6.30. The van der Waals surface area contributed by atoms with Crippen LogP contribution in [-0.2, 0) is 0 Å². The summed E-state index contributed by atoms with van der Waals surface area (Å²) in [5, 5.41) is 3.09. The molecular formula is C17H14ClF4NO2. The fourth-order valence-corrected chi connectivity index (χ4v) is 2.66. The Bertz CT molecular complexity index is 750. The summed E-state index contributed by atoms with van der Waals surface area (Å²) >= 11 is 5.70. The summed E-state index contributed by atoms with van der Waals surface area (Å²) in [4.78, 5) is 0. The van der Waals surface area contributed by atoms with E-state index in [1.807, 2.05) is 0 Å². The molecule has 1 aliphatic rings. The molecule has 0 amide bonds. The second kappa shape index (κ2) is 7.09. The first kappa shape index (κ1) is 17.8. The largest absolute Gasteiger partial charge is 0.573 e. The number of nitrogens with one attached hydrogen (secondary N) is 1. The van der Waals surface area contributed by atoms with Gasteiger partial charge in [0.2, 0.25) is 0 Å². The number of halogens is 5. The highest BCUT2D eigenvalue weighted by Gasteiger charge is 2.32. The Balaban J connectivity index is 1.83. The van der Waals surface area contributed by atoms with Crippen LogP contribution >= 0.6 is 11.6 Å². The number of rotatable bonds is 5. The van der Waals surface area contributed by atoms with Crippen molar-refractivity contribution in [3.63, 3.8) is 0 Å². The molecule has 3 rings (SSSR count). The summed E-state index contributed by atoms with van der Waals surface area (Å²) in [5.74, 6) is -0.686. The molecule has 8 heteroatoms. The normalized spacial score (nSPS) is 16.2. The van der Waals surface area contributed by atoms with Gasteiger partial charge in [-0.1, -0.05) is 23.7 Å². The molecule has 0 radical (unpaired) electrons. The molecule has 134 valence electrons. The van der Waals surface area contributed by atoms with E-state index in [2.05, 4.69) is 10.1 Å². The van der Waals surface area contributed by atoms with E-state index < -0.39 is 18.3 Å². The number of hydrogen-bond acceptors (Lipinski definition) is 3. The van der Waals surface area contributed by atoms with Gasteiger partial charge >= 0.3 is 6.36 Å². The average molecular weight is 376 g/mol. The zero-order chi connectivity index (χ0) is 18.0. The van der Waals surface area contributed by atoms with Crippen LogP contribution < -0.4 is 14.8 Å². The van der Waals surface area contributed by atoms with Gasteiger partial charge in [-0.25, -0.2) is 4.39 Å². The third-order valence-electron chi connectivity index (χ3n) is 3.82. The predicted octanol–water partition coefficient (Wildman–Crippen LogP) is 4.72. The lowest BCUT2D eigenvalue weighted by molar-refractivity contribution is -0.274. The first-order valence-corrected chi connectivity index (χ1v) is 7.88. The molecule has 1 aliphatic heterocycles. The van der Waals surface area contributed by atoms with Crippen LogP contribution in [0.3, 0.4) is 0 Å². The van der Waals surface area contributed by atoms with Gasteiger partial charge in [0.15, 0.2) is 0 Å². The van der Waals surface area contributed by atoms with Crippen molar-refractivity contribution in [1.29, 1.82) is 0 Å². The Kier molecular flexibility index (Phi) is 5.06. The second-order valence-electron chi connectivity index (χ2n) is 5.65. The van der Waals surface area contributed by atoms with E-state index in [4.69, 9.17) is 16.3 Å². The van der Waals surface area contributed by atoms with Gasteiger partial charge in [0.05, 0.1) is 5.02 Å². The van der Waals surface area contributed by atoms with Gasteiger partial charge < -0.3 is 14.8 Å². The summed E-state index contributed by atoms with van der Waals surface area (Å²) in [7, 11) is 0. The van der Waals surface area contributed by atoms with E-state index in [0.717, 1.165) is 6.07 Å². The van der Waals surface area contributed by atoms with Crippen LogP contribution in [0.4, 0.5) is 17.6 Å². The first-order chi connectivity index (χ1) is 11.8. The molecule has 2 aromatic carbocycles. The van der Waals surface area contributed by atoms with Crippen molar-refractivity contribution in [3.05, 3.63) is 58.9 Å². The fraction of sp³-hybridized carbons (Fsp3) is 0.294. The third-order valence-corrected chi connectivity index (χ3v) is 4.12. The van der Waals surface area contributed by atoms with Crippen molar-refractivity contribution in [2.24, 2.45) is 5.92 Å². The topological polar surface area (TPSA) is 30.5 Å². The van der Waals surface area contributed by atoms with Crippen LogP contribution in [0, 0.1) is 11.7 Å². The minimum absolute atomic E-state index is 0.00481. The highest BCUT2D eigenvalue weighted by atomic mass is 35.5. The van der Waals surface area contributed by atoms with Crippen molar-refractivity contribution >= 4 is 11.6 Å². The molecule has 1 atom stereocenters. The van der Waals surface area contributed by atoms with Crippen LogP contribution in [0.25, 0.3) is 0 Å². The Morgan fingerprint density at radius 1 is 1.08 bits per heavy atom. The molecule has 0 spiro atoms. The summed E-state index contributed by atoms with van der Waals surface area (Å²) in [6.07, 6.45) is -5.30. The van der Waals surface area contributed by atoms with Crippen molar-refractivity contribution < 1.29 is 27.0 Å². The molecule has 3 nitrogen and oxygen atoms in total. The van der Waals surface area contributed by atoms with Gasteiger partial charge in [-0.15, -0.1) is 13.2 Å². The molecular weight excluding hydrogens is 362 g/mol. The number of benzene rings is 2. The lowest BCUT2D eigenvalue weighted by Crippen LogP contribution is -2.46. The van der Waals surface area contributed by atoms with Gasteiger partial charge in [0, 0.05) is 25.1 Å². The lowest BCUT2D eigenvalue weighted by Gasteiger charge is -2.35. The molecule has 0 saturated carbocycles. The van der Waals surface area contributed by atoms with Crippen LogP contribution in [0.1, 0.15) is 11.7 Å². The zero-order valence-corrected chi connectivity index (χ0v) is 13.6. The van der Waals surface area contributed by atoms with Crippen LogP contribution in [-0.4, -0.2) is 19.5 Å². The van der Waals surface area contributed by atoms with Crippen molar-refractivity contribution in [3.8, 4) is 11.5 Å². The first-order valence-electron chi connectivity index (χ1n) is 7.50. The average Bonchev–Trinajstić information content (AvgIpc) is 2.46. The minimum atomic E-state index is -4.78. The van der Waals surface area contributed by atoms with E-state index in [-0.39, 0.29) is 22.4 Å². The Labute approximate surface area is 146 Å². The van der Waals surface area contributed by atoms with E-state index in [9.17, 15) is 17.6 Å². The minimum Gasteiger partial charge on any atom is -0.485 e. The summed E-state index contributed by atoms with van der Waals surface area (Å²) in [5.41, 5.74) is 0.565. The van der Waals surface area contributed by atoms with E-state index in [1.54, 1.807) is 6.07 Å². The Morgan fingerprint density at radius 3 is 2.40 bits per heavy atom. The smallest absolute Gasteiger partial charge is 0.485 e. The monoisotopic (exact) mass is 375 g/mol. The molecule has 1 N–H and O–H groups in total. The van der Waals surface area contributed by atoms with E-state index in [1.165, 1.54) is 30.3 Å². The third kappa shape index (κ3) is 4.55. The Hall–Kier alpha value is -1.99. The molecule has 1 fully saturated rings. The summed E-state index contributed by atoms with van der Waals surface area (Å²) in [6, 6.07) is 9.61. The molecule has 2 aromatic rings. The maximum absolute atomic E-state index is 13.8. The highest BCUT2D eigenvalue weighted by Crippen LogP contribution is 2.34. The van der Waals surface area contributed by atoms with Gasteiger partial charge in [-0.3, -0.25) is 0 Å². The van der Waals surface area contributed by atoms with Crippen molar-refractivity contribution in [2.75, 3.05) is 13.1 Å². The quantitative estimate of drug-likeness (QED) is 0.767. The van der Waals surface area contributed by atoms with Gasteiger partial charge in [-0.05, 0) is 29.8 Å². The summed E-state index contributed by atoms with van der Waals surface area (Å²) in [6.45, 7) is 1.32. The number of ether oxygens (including phenoxy) is 2. The molecule has 0 aromatic heterocycles. The zero-order valence-electron chi connectivity index (χ0n) is 12.8. The van der Waals surface area contributed by atoms with E-state index in [0.29, 0.717) is 18.7 Å². The molecule has 0 aliphatic carbocycles. The van der Waals surface area contributed by atoms with Crippen LogP contribution in [0.2, 0.25) is 5.02 Å². The standard InChI is InChI=1S/C17H14ClF4NO2/c18-14-5-4-10(6-15(14)19)16(11-8-23-9-11)24-12-2-1-3-13(7-12)25-17(20,21)22/h1-7,11,16,23H,8-9H2/t16-/m0/s1. The molecule has 1 heterocycles. The molecule has 25 heavy (non-hydrogen) atoms. The maximum atomic E-state index is 13.8. The van der Waals surface area contributed by atoms with E-state index >= 15 is 0 Å². The SMILES string of the molecule is Fc1cc([C@H](Oc2cccc(OC(F)(F)F)c2)C2CNC2)ccc1Cl. The maximum Gasteiger partial charge on any atom is 0.573 e. The Morgan fingerprint density at radius 2 is 1.80 bits per heavy atom.